The maximum absolute atomic E-state index is 12.6. The standard InChI is InChI=1S/C14H19N3O2/c1-14(2)11-6-16-5-9(11)8-17(14)13(19)10-3-4-15-7-12(10)18/h3-4,7,9,11,16,18H,5-6,8H2,1-2H3. The lowest BCUT2D eigenvalue weighted by Crippen LogP contribution is -2.47. The predicted molar refractivity (Wildman–Crippen MR) is 70.9 cm³/mol. The van der Waals surface area contributed by atoms with E-state index in [1.54, 1.807) is 12.3 Å². The Balaban J connectivity index is 1.91. The van der Waals surface area contributed by atoms with E-state index in [1.807, 2.05) is 4.90 Å². The molecule has 3 heterocycles. The van der Waals surface area contributed by atoms with Crippen LogP contribution >= 0.6 is 0 Å². The lowest BCUT2D eigenvalue weighted by atomic mass is 9.84. The summed E-state index contributed by atoms with van der Waals surface area (Å²) in [5, 5.41) is 13.2. The van der Waals surface area contributed by atoms with Gasteiger partial charge in [-0.05, 0) is 31.7 Å². The Hall–Kier alpha value is -1.62. The van der Waals surface area contributed by atoms with Gasteiger partial charge in [-0.15, -0.1) is 0 Å². The molecule has 5 heteroatoms. The molecule has 0 aliphatic carbocycles. The van der Waals surface area contributed by atoms with Crippen LogP contribution < -0.4 is 5.32 Å². The third-order valence-electron chi connectivity index (χ3n) is 4.64. The molecule has 102 valence electrons. The Bertz CT molecular complexity index is 515. The SMILES string of the molecule is CC1(C)C2CNCC2CN1C(=O)c1ccncc1O. The van der Waals surface area contributed by atoms with Crippen molar-refractivity contribution in [1.29, 1.82) is 0 Å². The Labute approximate surface area is 112 Å². The van der Waals surface area contributed by atoms with Gasteiger partial charge in [-0.1, -0.05) is 0 Å². The van der Waals surface area contributed by atoms with Gasteiger partial charge in [0, 0.05) is 31.4 Å². The van der Waals surface area contributed by atoms with Crippen LogP contribution in [0.1, 0.15) is 24.2 Å². The molecule has 0 radical (unpaired) electrons. The van der Waals surface area contributed by atoms with Crippen LogP contribution in [0.5, 0.6) is 5.75 Å². The smallest absolute Gasteiger partial charge is 0.258 e. The van der Waals surface area contributed by atoms with Gasteiger partial charge in [0.15, 0.2) is 0 Å². The highest BCUT2D eigenvalue weighted by Gasteiger charge is 2.51. The van der Waals surface area contributed by atoms with Gasteiger partial charge in [0.05, 0.1) is 11.8 Å². The third-order valence-corrected chi connectivity index (χ3v) is 4.64. The Morgan fingerprint density at radius 1 is 1.53 bits per heavy atom. The molecule has 5 nitrogen and oxygen atoms in total. The number of aromatic nitrogens is 1. The minimum Gasteiger partial charge on any atom is -0.505 e. The van der Waals surface area contributed by atoms with Crippen LogP contribution in [0.4, 0.5) is 0 Å². The number of hydrogen-bond donors (Lipinski definition) is 2. The highest BCUT2D eigenvalue weighted by molar-refractivity contribution is 5.97. The zero-order valence-electron chi connectivity index (χ0n) is 11.3. The van der Waals surface area contributed by atoms with E-state index < -0.39 is 0 Å². The molecule has 3 rings (SSSR count). The zero-order valence-corrected chi connectivity index (χ0v) is 11.3. The van der Waals surface area contributed by atoms with Crippen molar-refractivity contribution in [3.63, 3.8) is 0 Å². The topological polar surface area (TPSA) is 65.5 Å². The zero-order chi connectivity index (χ0) is 13.6. The van der Waals surface area contributed by atoms with Crippen LogP contribution in [-0.4, -0.2) is 46.1 Å². The van der Waals surface area contributed by atoms with Crippen LogP contribution in [0.25, 0.3) is 0 Å². The van der Waals surface area contributed by atoms with Gasteiger partial charge >= 0.3 is 0 Å². The van der Waals surface area contributed by atoms with E-state index in [0.717, 1.165) is 19.6 Å². The number of amides is 1. The molecule has 2 fully saturated rings. The summed E-state index contributed by atoms with van der Waals surface area (Å²) < 4.78 is 0. The van der Waals surface area contributed by atoms with E-state index >= 15 is 0 Å². The third kappa shape index (κ3) is 1.80. The molecule has 0 bridgehead atoms. The molecule has 2 atom stereocenters. The molecule has 2 saturated heterocycles. The van der Waals surface area contributed by atoms with Crippen molar-refractivity contribution in [3.05, 3.63) is 24.0 Å². The predicted octanol–water partition coefficient (Wildman–Crippen LogP) is 0.857. The second-order valence-corrected chi connectivity index (χ2v) is 5.99. The minimum absolute atomic E-state index is 0.0431. The highest BCUT2D eigenvalue weighted by Crippen LogP contribution is 2.41. The second-order valence-electron chi connectivity index (χ2n) is 5.99. The van der Waals surface area contributed by atoms with E-state index in [4.69, 9.17) is 0 Å². The average molecular weight is 261 g/mol. The molecule has 2 unspecified atom stereocenters. The highest BCUT2D eigenvalue weighted by atomic mass is 16.3. The van der Waals surface area contributed by atoms with Gasteiger partial charge in [-0.25, -0.2) is 0 Å². The van der Waals surface area contributed by atoms with E-state index in [0.29, 0.717) is 17.4 Å². The summed E-state index contributed by atoms with van der Waals surface area (Å²) in [5.41, 5.74) is 0.164. The summed E-state index contributed by atoms with van der Waals surface area (Å²) in [6, 6.07) is 1.58. The molecule has 19 heavy (non-hydrogen) atoms. The molecule has 0 aromatic carbocycles. The van der Waals surface area contributed by atoms with Crippen LogP contribution in [0, 0.1) is 11.8 Å². The van der Waals surface area contributed by atoms with Crippen molar-refractivity contribution < 1.29 is 9.90 Å². The van der Waals surface area contributed by atoms with E-state index in [-0.39, 0.29) is 17.2 Å². The molecule has 1 aromatic heterocycles. The average Bonchev–Trinajstić information content (AvgIpc) is 2.92. The van der Waals surface area contributed by atoms with E-state index in [9.17, 15) is 9.90 Å². The molecule has 2 aliphatic rings. The number of pyridine rings is 1. The first-order valence-corrected chi connectivity index (χ1v) is 6.67. The molecular weight excluding hydrogens is 242 g/mol. The number of nitrogens with zero attached hydrogens (tertiary/aromatic N) is 2. The molecule has 2 N–H and O–H groups in total. The Morgan fingerprint density at radius 3 is 3.00 bits per heavy atom. The van der Waals surface area contributed by atoms with E-state index in [1.165, 1.54) is 6.20 Å². The van der Waals surface area contributed by atoms with Crippen LogP contribution in [0.2, 0.25) is 0 Å². The number of nitrogens with one attached hydrogen (secondary N) is 1. The Morgan fingerprint density at radius 2 is 2.32 bits per heavy atom. The van der Waals surface area contributed by atoms with Crippen molar-refractivity contribution in [2.24, 2.45) is 11.8 Å². The summed E-state index contributed by atoms with van der Waals surface area (Å²) in [7, 11) is 0. The molecule has 1 aromatic rings. The first-order valence-electron chi connectivity index (χ1n) is 6.67. The molecular formula is C14H19N3O2. The molecule has 1 amide bonds. The number of aromatic hydroxyl groups is 1. The number of rotatable bonds is 1. The number of fused-ring (bicyclic) bond motifs is 1. The van der Waals surface area contributed by atoms with E-state index in [2.05, 4.69) is 24.1 Å². The van der Waals surface area contributed by atoms with Crippen molar-refractivity contribution in [3.8, 4) is 5.75 Å². The maximum Gasteiger partial charge on any atom is 0.258 e. The lowest BCUT2D eigenvalue weighted by Gasteiger charge is -2.35. The van der Waals surface area contributed by atoms with Crippen molar-refractivity contribution in [1.82, 2.24) is 15.2 Å². The second kappa shape index (κ2) is 4.20. The Kier molecular flexibility index (Phi) is 2.74. The normalized spacial score (nSPS) is 28.4. The molecule has 2 aliphatic heterocycles. The minimum atomic E-state index is -0.180. The van der Waals surface area contributed by atoms with Gasteiger partial charge < -0.3 is 15.3 Å². The van der Waals surface area contributed by atoms with Gasteiger partial charge in [0.1, 0.15) is 5.75 Å². The fraction of sp³-hybridized carbons (Fsp3) is 0.571. The van der Waals surface area contributed by atoms with Crippen molar-refractivity contribution in [2.75, 3.05) is 19.6 Å². The number of carbonyl (C=O) groups excluding carboxylic acids is 1. The number of likely N-dealkylation sites (tertiary alicyclic amines) is 1. The maximum atomic E-state index is 12.6. The largest absolute Gasteiger partial charge is 0.505 e. The summed E-state index contributed by atoms with van der Waals surface area (Å²) >= 11 is 0. The van der Waals surface area contributed by atoms with Gasteiger partial charge in [0.25, 0.3) is 5.91 Å². The lowest BCUT2D eigenvalue weighted by molar-refractivity contribution is 0.0600. The monoisotopic (exact) mass is 261 g/mol. The van der Waals surface area contributed by atoms with Gasteiger partial charge in [-0.2, -0.15) is 0 Å². The molecule has 0 saturated carbocycles. The summed E-state index contributed by atoms with van der Waals surface area (Å²) in [6.07, 6.45) is 2.86. The summed E-state index contributed by atoms with van der Waals surface area (Å²) in [5.74, 6) is 0.862. The quantitative estimate of drug-likeness (QED) is 0.787. The van der Waals surface area contributed by atoms with Gasteiger partial charge in [-0.3, -0.25) is 9.78 Å². The van der Waals surface area contributed by atoms with Crippen molar-refractivity contribution in [2.45, 2.75) is 19.4 Å². The van der Waals surface area contributed by atoms with Crippen molar-refractivity contribution >= 4 is 5.91 Å². The van der Waals surface area contributed by atoms with Gasteiger partial charge in [0.2, 0.25) is 0 Å². The summed E-state index contributed by atoms with van der Waals surface area (Å²) in [6.45, 7) is 6.91. The van der Waals surface area contributed by atoms with Crippen LogP contribution in [-0.2, 0) is 0 Å². The first-order chi connectivity index (χ1) is 9.01. The fourth-order valence-electron chi connectivity index (χ4n) is 3.48. The number of hydrogen-bond acceptors (Lipinski definition) is 4. The van der Waals surface area contributed by atoms with Crippen LogP contribution in [0.15, 0.2) is 18.5 Å². The fourth-order valence-corrected chi connectivity index (χ4v) is 3.48. The first kappa shape index (κ1) is 12.4. The molecule has 0 spiro atoms. The number of carbonyl (C=O) groups is 1. The summed E-state index contributed by atoms with van der Waals surface area (Å²) in [4.78, 5) is 18.4. The van der Waals surface area contributed by atoms with Crippen LogP contribution in [0.3, 0.4) is 0 Å².